The Labute approximate surface area is 180 Å². The molecule has 0 saturated heterocycles. The molecule has 0 bridgehead atoms. The summed E-state index contributed by atoms with van der Waals surface area (Å²) < 4.78 is 10.3. The first-order chi connectivity index (χ1) is 14.9. The van der Waals surface area contributed by atoms with Crippen molar-refractivity contribution >= 4 is 17.5 Å². The van der Waals surface area contributed by atoms with Crippen molar-refractivity contribution in [2.45, 2.75) is 13.3 Å². The van der Waals surface area contributed by atoms with Gasteiger partial charge in [0.05, 0.1) is 13.7 Å². The average Bonchev–Trinajstić information content (AvgIpc) is 2.79. The summed E-state index contributed by atoms with van der Waals surface area (Å²) in [6.45, 7) is 1.12. The molecule has 0 radical (unpaired) electrons. The maximum Gasteiger partial charge on any atom is 0.374 e. The fraction of sp³-hybridized carbons (Fsp3) is 0.160. The number of benzene rings is 3. The van der Waals surface area contributed by atoms with E-state index in [1.165, 1.54) is 13.2 Å². The van der Waals surface area contributed by atoms with Gasteiger partial charge in [-0.25, -0.2) is 4.79 Å². The molecular weight excluding hydrogens is 396 g/mol. The molecule has 0 saturated carbocycles. The number of phenolic OH excluding ortho intramolecular Hbond substituents is 1. The molecule has 0 fully saturated rings. The first-order valence-electron chi connectivity index (χ1n) is 9.69. The maximum atomic E-state index is 13.1. The Morgan fingerprint density at radius 2 is 1.58 bits per heavy atom. The highest BCUT2D eigenvalue weighted by atomic mass is 16.5. The number of carbonyl (C=O) groups is 3. The molecule has 0 aliphatic heterocycles. The lowest BCUT2D eigenvalue weighted by Crippen LogP contribution is -2.15. The summed E-state index contributed by atoms with van der Waals surface area (Å²) in [5.74, 6) is -1.38. The number of ether oxygens (including phenoxy) is 2. The lowest BCUT2D eigenvalue weighted by Gasteiger charge is -2.15. The Morgan fingerprint density at radius 1 is 0.903 bits per heavy atom. The zero-order chi connectivity index (χ0) is 22.4. The van der Waals surface area contributed by atoms with Gasteiger partial charge in [0, 0.05) is 36.1 Å². The van der Waals surface area contributed by atoms with E-state index in [9.17, 15) is 19.5 Å². The topological polar surface area (TPSA) is 89.9 Å². The number of Topliss-reactive ketones (excluding diaryl/α,β-unsaturated/α-hetero) is 1. The first kappa shape index (κ1) is 21.8. The SMILES string of the molecule is COc1cc(O)c(-c2ccccc2C(=O)c2ccccc2)cc1CCOC(=O)C(C)=O. The lowest BCUT2D eigenvalue weighted by atomic mass is 9.92. The van der Waals surface area contributed by atoms with E-state index in [4.69, 9.17) is 9.47 Å². The van der Waals surface area contributed by atoms with Crippen molar-refractivity contribution in [3.8, 4) is 22.6 Å². The van der Waals surface area contributed by atoms with Gasteiger partial charge < -0.3 is 14.6 Å². The van der Waals surface area contributed by atoms with E-state index in [-0.39, 0.29) is 24.6 Å². The van der Waals surface area contributed by atoms with Crippen LogP contribution in [0.25, 0.3) is 11.1 Å². The van der Waals surface area contributed by atoms with E-state index in [1.807, 2.05) is 6.07 Å². The molecule has 0 aromatic heterocycles. The molecule has 0 atom stereocenters. The summed E-state index contributed by atoms with van der Waals surface area (Å²) in [6.07, 6.45) is 0.268. The molecule has 3 rings (SSSR count). The Kier molecular flexibility index (Phi) is 6.82. The number of ketones is 2. The van der Waals surface area contributed by atoms with Crippen molar-refractivity contribution in [2.75, 3.05) is 13.7 Å². The number of hydrogen-bond donors (Lipinski definition) is 1. The number of esters is 1. The summed E-state index contributed by atoms with van der Waals surface area (Å²) in [4.78, 5) is 35.5. The van der Waals surface area contributed by atoms with Crippen molar-refractivity contribution < 1.29 is 29.0 Å². The molecular formula is C25H22O6. The zero-order valence-corrected chi connectivity index (χ0v) is 17.3. The zero-order valence-electron chi connectivity index (χ0n) is 17.3. The molecule has 3 aromatic carbocycles. The second kappa shape index (κ2) is 9.71. The minimum atomic E-state index is -0.906. The van der Waals surface area contributed by atoms with Crippen molar-refractivity contribution in [1.29, 1.82) is 0 Å². The van der Waals surface area contributed by atoms with Crippen LogP contribution in [0.1, 0.15) is 28.4 Å². The van der Waals surface area contributed by atoms with E-state index in [0.29, 0.717) is 33.6 Å². The predicted molar refractivity (Wildman–Crippen MR) is 115 cm³/mol. The third-order valence-corrected chi connectivity index (χ3v) is 4.79. The fourth-order valence-electron chi connectivity index (χ4n) is 3.23. The average molecular weight is 418 g/mol. The smallest absolute Gasteiger partial charge is 0.374 e. The van der Waals surface area contributed by atoms with Crippen LogP contribution in [-0.2, 0) is 20.7 Å². The molecule has 0 spiro atoms. The highest BCUT2D eigenvalue weighted by Crippen LogP contribution is 2.37. The predicted octanol–water partition coefficient (Wildman–Crippen LogP) is 3.97. The third kappa shape index (κ3) is 4.98. The third-order valence-electron chi connectivity index (χ3n) is 4.79. The molecule has 3 aromatic rings. The Bertz CT molecular complexity index is 1120. The number of carbonyl (C=O) groups excluding carboxylic acids is 3. The van der Waals surface area contributed by atoms with Crippen LogP contribution in [0.2, 0.25) is 0 Å². The van der Waals surface area contributed by atoms with Gasteiger partial charge in [0.15, 0.2) is 5.78 Å². The minimum absolute atomic E-state index is 0.0242. The summed E-state index contributed by atoms with van der Waals surface area (Å²) in [5.41, 5.74) is 2.67. The van der Waals surface area contributed by atoms with Gasteiger partial charge in [0.2, 0.25) is 5.78 Å². The van der Waals surface area contributed by atoms with E-state index in [0.717, 1.165) is 6.92 Å². The van der Waals surface area contributed by atoms with Crippen LogP contribution < -0.4 is 4.74 Å². The second-order valence-corrected chi connectivity index (χ2v) is 6.86. The maximum absolute atomic E-state index is 13.1. The van der Waals surface area contributed by atoms with Gasteiger partial charge in [0.25, 0.3) is 0 Å². The molecule has 6 nitrogen and oxygen atoms in total. The first-order valence-corrected chi connectivity index (χ1v) is 9.69. The van der Waals surface area contributed by atoms with Gasteiger partial charge in [-0.2, -0.15) is 0 Å². The standard InChI is InChI=1S/C25H22O6/c1-16(26)25(29)31-13-12-18-14-21(22(27)15-23(18)30-2)19-10-6-7-11-20(19)24(28)17-8-4-3-5-9-17/h3-11,14-15,27H,12-13H2,1-2H3. The Morgan fingerprint density at radius 3 is 2.26 bits per heavy atom. The molecule has 158 valence electrons. The Hall–Kier alpha value is -3.93. The molecule has 0 amide bonds. The molecule has 31 heavy (non-hydrogen) atoms. The van der Waals surface area contributed by atoms with Crippen LogP contribution in [0.15, 0.2) is 66.7 Å². The summed E-state index contributed by atoms with van der Waals surface area (Å²) in [7, 11) is 1.46. The van der Waals surface area contributed by atoms with Crippen LogP contribution in [0.3, 0.4) is 0 Å². The molecule has 0 unspecified atom stereocenters. The molecule has 0 aliphatic rings. The largest absolute Gasteiger partial charge is 0.507 e. The summed E-state index contributed by atoms with van der Waals surface area (Å²) in [5, 5.41) is 10.6. The van der Waals surface area contributed by atoms with Gasteiger partial charge in [-0.1, -0.05) is 54.6 Å². The second-order valence-electron chi connectivity index (χ2n) is 6.86. The summed E-state index contributed by atoms with van der Waals surface area (Å²) in [6, 6.07) is 19.1. The number of hydrogen-bond acceptors (Lipinski definition) is 6. The quantitative estimate of drug-likeness (QED) is 0.338. The highest BCUT2D eigenvalue weighted by Gasteiger charge is 2.19. The van der Waals surface area contributed by atoms with E-state index in [1.54, 1.807) is 54.6 Å². The van der Waals surface area contributed by atoms with Crippen molar-refractivity contribution in [3.63, 3.8) is 0 Å². The van der Waals surface area contributed by atoms with Crippen molar-refractivity contribution in [2.24, 2.45) is 0 Å². The molecule has 0 aliphatic carbocycles. The monoisotopic (exact) mass is 418 g/mol. The van der Waals surface area contributed by atoms with Crippen molar-refractivity contribution in [1.82, 2.24) is 0 Å². The number of rotatable bonds is 8. The Balaban J connectivity index is 1.99. The van der Waals surface area contributed by atoms with Crippen LogP contribution in [-0.4, -0.2) is 36.4 Å². The number of aromatic hydroxyl groups is 1. The summed E-state index contributed by atoms with van der Waals surface area (Å²) >= 11 is 0. The minimum Gasteiger partial charge on any atom is -0.507 e. The van der Waals surface area contributed by atoms with Gasteiger partial charge in [-0.05, 0) is 17.2 Å². The highest BCUT2D eigenvalue weighted by molar-refractivity contribution is 6.32. The number of methoxy groups -OCH3 is 1. The van der Waals surface area contributed by atoms with E-state index < -0.39 is 11.8 Å². The molecule has 0 heterocycles. The van der Waals surface area contributed by atoms with Gasteiger partial charge in [-0.15, -0.1) is 0 Å². The van der Waals surface area contributed by atoms with E-state index >= 15 is 0 Å². The fourth-order valence-corrected chi connectivity index (χ4v) is 3.23. The number of phenols is 1. The van der Waals surface area contributed by atoms with Crippen LogP contribution >= 0.6 is 0 Å². The lowest BCUT2D eigenvalue weighted by molar-refractivity contribution is -0.152. The van der Waals surface area contributed by atoms with Crippen molar-refractivity contribution in [3.05, 3.63) is 83.4 Å². The van der Waals surface area contributed by atoms with Crippen LogP contribution in [0, 0.1) is 0 Å². The van der Waals surface area contributed by atoms with E-state index in [2.05, 4.69) is 0 Å². The molecule has 1 N–H and O–H groups in total. The normalized spacial score (nSPS) is 10.4. The van der Waals surface area contributed by atoms with Crippen LogP contribution in [0.5, 0.6) is 11.5 Å². The molecule has 6 heteroatoms. The van der Waals surface area contributed by atoms with Gasteiger partial charge in [-0.3, -0.25) is 9.59 Å². The van der Waals surface area contributed by atoms with Gasteiger partial charge in [0.1, 0.15) is 11.5 Å². The van der Waals surface area contributed by atoms with Gasteiger partial charge >= 0.3 is 5.97 Å². The van der Waals surface area contributed by atoms with Crippen LogP contribution in [0.4, 0.5) is 0 Å².